The quantitative estimate of drug-likeness (QED) is 0.0759. The van der Waals surface area contributed by atoms with Crippen LogP contribution in [-0.4, -0.2) is 52.4 Å². The Bertz CT molecular complexity index is 3340. The second kappa shape index (κ2) is 13.8. The van der Waals surface area contributed by atoms with E-state index in [1.54, 1.807) is 72.8 Å². The summed E-state index contributed by atoms with van der Waals surface area (Å²) in [5.74, 6) is -7.69. The van der Waals surface area contributed by atoms with Gasteiger partial charge in [0.1, 0.15) is 69.7 Å². The summed E-state index contributed by atoms with van der Waals surface area (Å²) < 4.78 is 13.8. The van der Waals surface area contributed by atoms with E-state index in [2.05, 4.69) is 0 Å². The number of carbonyl (C=O) groups is 2. The van der Waals surface area contributed by atoms with Crippen molar-refractivity contribution in [2.24, 2.45) is 11.3 Å². The van der Waals surface area contributed by atoms with E-state index in [4.69, 9.17) is 9.47 Å². The molecule has 68 heavy (non-hydrogen) atoms. The first-order valence-electron chi connectivity index (χ1n) is 22.4. The largest absolute Gasteiger partial charge is 0.508 e. The van der Waals surface area contributed by atoms with Gasteiger partial charge in [0.2, 0.25) is 0 Å². The molecule has 1 saturated carbocycles. The first-order chi connectivity index (χ1) is 32.8. The minimum Gasteiger partial charge on any atom is -0.508 e. The first-order valence-corrected chi connectivity index (χ1v) is 22.4. The number of hydrogen-bond acceptors (Lipinski definition) is 12. The van der Waals surface area contributed by atoms with Crippen LogP contribution in [-0.2, 0) is 9.59 Å². The molecular formula is C56H40O12. The molecule has 12 nitrogen and oxygen atoms in total. The van der Waals surface area contributed by atoms with Gasteiger partial charge in [0.15, 0.2) is 11.6 Å². The fraction of sp³-hybridized carbons (Fsp3) is 0.179. The Labute approximate surface area is 387 Å². The van der Waals surface area contributed by atoms with Crippen LogP contribution in [0.4, 0.5) is 0 Å². The molecule has 0 unspecified atom stereocenters. The van der Waals surface area contributed by atoms with Crippen LogP contribution < -0.4 is 9.47 Å². The Morgan fingerprint density at radius 1 is 0.397 bits per heavy atom. The van der Waals surface area contributed by atoms with Gasteiger partial charge >= 0.3 is 0 Å². The molecule has 2 heterocycles. The molecule has 8 N–H and O–H groups in total. The summed E-state index contributed by atoms with van der Waals surface area (Å²) in [6.45, 7) is 0. The van der Waals surface area contributed by atoms with E-state index < -0.39 is 64.8 Å². The molecular weight excluding hydrogens is 865 g/mol. The number of fused-ring (bicyclic) bond motifs is 9. The summed E-state index contributed by atoms with van der Waals surface area (Å²) in [7, 11) is 0. The van der Waals surface area contributed by atoms with Crippen molar-refractivity contribution in [2.75, 3.05) is 0 Å². The van der Waals surface area contributed by atoms with E-state index in [1.165, 1.54) is 66.7 Å². The number of benzene rings is 7. The fourth-order valence-electron chi connectivity index (χ4n) is 13.4. The SMILES string of the molecule is O=C1C=C2[C@@H]3c4c(cc(O)cc4[C@H]4c5c(O)cc6c(c5[C@@H]5[C@@H](c7ccc(O)cc7)[C@@H]1C(=O)[C@@]25[C@@H]4c1ccc(O)cc1)[C@@H](c1cc(O)cc(O)c1)[C@H](c1ccc(O)cc1)O6)O[C@H]3c1ccc(O)cc1. The minimum absolute atomic E-state index is 0.0126. The van der Waals surface area contributed by atoms with Gasteiger partial charge in [-0.3, -0.25) is 9.59 Å². The number of aromatic hydroxyl groups is 8. The van der Waals surface area contributed by atoms with Crippen molar-refractivity contribution >= 4 is 11.6 Å². The number of phenolic OH excluding ortho intramolecular Hbond substituents is 8. The number of rotatable bonds is 5. The predicted octanol–water partition coefficient (Wildman–Crippen LogP) is 9.32. The number of phenols is 8. The third-order valence-electron chi connectivity index (χ3n) is 15.6. The third-order valence-corrected chi connectivity index (χ3v) is 15.6. The normalized spacial score (nSPS) is 27.6. The molecule has 0 radical (unpaired) electrons. The van der Waals surface area contributed by atoms with Crippen molar-refractivity contribution in [3.63, 3.8) is 0 Å². The van der Waals surface area contributed by atoms with E-state index in [9.17, 15) is 40.9 Å². The number of ketones is 2. The molecule has 4 aliphatic carbocycles. The molecule has 0 aromatic heterocycles. The summed E-state index contributed by atoms with van der Waals surface area (Å²) in [4.78, 5) is 32.0. The Morgan fingerprint density at radius 2 is 0.897 bits per heavy atom. The van der Waals surface area contributed by atoms with Gasteiger partial charge in [0, 0.05) is 58.6 Å². The van der Waals surface area contributed by atoms with E-state index in [1.807, 2.05) is 0 Å². The molecule has 12 heteroatoms. The Hall–Kier alpha value is -8.38. The maximum Gasteiger partial charge on any atom is 0.166 e. The van der Waals surface area contributed by atoms with E-state index in [0.29, 0.717) is 67.0 Å². The van der Waals surface area contributed by atoms with Gasteiger partial charge in [-0.15, -0.1) is 0 Å². The lowest BCUT2D eigenvalue weighted by atomic mass is 9.48. The average Bonchev–Trinajstić information content (AvgIpc) is 3.92. The van der Waals surface area contributed by atoms with E-state index >= 15 is 9.59 Å². The standard InChI is InChI=1S/C56H40O12/c57-29-9-1-24(2-10-29)42-48-38(64)22-37-46-44-36(20-35(63)21-40(44)67-54(46)27-7-15-32(60)16-8-27)45-47-39(65)23-41-49(50(47)52(42)56(37,55(48)66)51(45)25-3-11-30(58)12-4-25)43(28-17-33(61)19-34(62)18-28)53(68-41)26-5-13-31(59)14-6-26/h1-23,42-43,45-46,48,51-54,57-63,65H/t42-,43+,45-,46+,48+,51+,52-,53-,54-,56+/m0/s1. The van der Waals surface area contributed by atoms with Gasteiger partial charge in [0.25, 0.3) is 0 Å². The Morgan fingerprint density at radius 3 is 1.47 bits per heavy atom. The molecule has 10 atom stereocenters. The van der Waals surface area contributed by atoms with Crippen LogP contribution in [0.1, 0.15) is 103 Å². The fourth-order valence-corrected chi connectivity index (χ4v) is 13.4. The highest BCUT2D eigenvalue weighted by molar-refractivity contribution is 6.18. The summed E-state index contributed by atoms with van der Waals surface area (Å²) >= 11 is 0. The van der Waals surface area contributed by atoms with Crippen LogP contribution in [0.5, 0.6) is 57.5 Å². The monoisotopic (exact) mass is 904 g/mol. The summed E-state index contributed by atoms with van der Waals surface area (Å²) in [5.41, 5.74) is 4.33. The highest BCUT2D eigenvalue weighted by atomic mass is 16.5. The van der Waals surface area contributed by atoms with Crippen molar-refractivity contribution in [1.29, 1.82) is 0 Å². The van der Waals surface area contributed by atoms with Crippen molar-refractivity contribution in [3.8, 4) is 57.5 Å². The number of carbonyl (C=O) groups excluding carboxylic acids is 2. The van der Waals surface area contributed by atoms with Crippen LogP contribution in [0, 0.1) is 11.3 Å². The highest BCUT2D eigenvalue weighted by Crippen LogP contribution is 2.80. The Kier molecular flexibility index (Phi) is 8.12. The van der Waals surface area contributed by atoms with E-state index in [0.717, 1.165) is 0 Å². The van der Waals surface area contributed by atoms with Crippen LogP contribution in [0.3, 0.4) is 0 Å². The second-order valence-corrected chi connectivity index (χ2v) is 18.9. The smallest absolute Gasteiger partial charge is 0.166 e. The Balaban J connectivity index is 1.21. The highest BCUT2D eigenvalue weighted by Gasteiger charge is 2.76. The van der Waals surface area contributed by atoms with Gasteiger partial charge in [-0.2, -0.15) is 0 Å². The van der Waals surface area contributed by atoms with Gasteiger partial charge in [0.05, 0.1) is 23.2 Å². The van der Waals surface area contributed by atoms with Crippen molar-refractivity contribution in [3.05, 3.63) is 201 Å². The van der Waals surface area contributed by atoms with Gasteiger partial charge in [-0.1, -0.05) is 48.5 Å². The maximum atomic E-state index is 16.7. The molecule has 13 rings (SSSR count). The van der Waals surface area contributed by atoms with Crippen LogP contribution in [0.15, 0.2) is 145 Å². The van der Waals surface area contributed by atoms with Gasteiger partial charge in [-0.25, -0.2) is 0 Å². The lowest BCUT2D eigenvalue weighted by Gasteiger charge is -2.52. The van der Waals surface area contributed by atoms with Crippen LogP contribution >= 0.6 is 0 Å². The zero-order valence-electron chi connectivity index (χ0n) is 35.7. The zero-order valence-corrected chi connectivity index (χ0v) is 35.7. The van der Waals surface area contributed by atoms with Crippen LogP contribution in [0.2, 0.25) is 0 Å². The number of Topliss-reactive ketones (excluding diaryl/α,β-unsaturated/α-hetero) is 1. The number of hydrogen-bond donors (Lipinski definition) is 8. The van der Waals surface area contributed by atoms with Crippen molar-refractivity contribution < 1.29 is 59.9 Å². The molecule has 1 spiro atoms. The maximum absolute atomic E-state index is 16.7. The molecule has 0 saturated heterocycles. The molecule has 6 aliphatic rings. The van der Waals surface area contributed by atoms with Crippen LogP contribution in [0.25, 0.3) is 0 Å². The number of allylic oxidation sites excluding steroid dienone is 1. The molecule has 7 aromatic rings. The summed E-state index contributed by atoms with van der Waals surface area (Å²) in [5, 5.41) is 89.3. The molecule has 3 bridgehead atoms. The van der Waals surface area contributed by atoms with Gasteiger partial charge < -0.3 is 50.3 Å². The third kappa shape index (κ3) is 5.25. The lowest BCUT2D eigenvalue weighted by molar-refractivity contribution is -0.135. The number of ether oxygens (including phenoxy) is 2. The molecule has 7 aromatic carbocycles. The summed E-state index contributed by atoms with van der Waals surface area (Å²) in [6.07, 6.45) is -0.143. The van der Waals surface area contributed by atoms with Crippen molar-refractivity contribution in [2.45, 2.75) is 47.7 Å². The summed E-state index contributed by atoms with van der Waals surface area (Å²) in [6, 6.07) is 35.0. The molecule has 0 amide bonds. The lowest BCUT2D eigenvalue weighted by Crippen LogP contribution is -2.49. The van der Waals surface area contributed by atoms with Gasteiger partial charge in [-0.05, 0) is 117 Å². The van der Waals surface area contributed by atoms with Crippen molar-refractivity contribution in [1.82, 2.24) is 0 Å². The zero-order chi connectivity index (χ0) is 46.7. The second-order valence-electron chi connectivity index (χ2n) is 18.9. The minimum atomic E-state index is -1.64. The topological polar surface area (TPSA) is 214 Å². The first kappa shape index (κ1) is 39.9. The predicted molar refractivity (Wildman–Crippen MR) is 244 cm³/mol. The molecule has 1 fully saturated rings. The molecule has 2 aliphatic heterocycles. The average molecular weight is 905 g/mol. The molecule has 336 valence electrons. The van der Waals surface area contributed by atoms with E-state index in [-0.39, 0.29) is 57.5 Å².